The Labute approximate surface area is 449 Å². The molecule has 0 bridgehead atoms. The van der Waals surface area contributed by atoms with Crippen LogP contribution in [-0.4, -0.2) is 49.3 Å². The van der Waals surface area contributed by atoms with E-state index in [1.165, 1.54) is 154 Å². The Morgan fingerprint density at radius 1 is 0.425 bits per heavy atom. The molecule has 3 N–H and O–H groups in total. The highest BCUT2D eigenvalue weighted by molar-refractivity contribution is 7.47. The number of esters is 2. The van der Waals surface area contributed by atoms with Gasteiger partial charge in [0.25, 0.3) is 0 Å². The Bertz CT molecular complexity index is 1470. The zero-order chi connectivity index (χ0) is 53.1. The molecule has 0 saturated heterocycles. The number of carbonyl (C=O) groups excluding carboxylic acids is 2. The van der Waals surface area contributed by atoms with Gasteiger partial charge in [0.05, 0.1) is 13.2 Å². The van der Waals surface area contributed by atoms with Crippen LogP contribution in [0.2, 0.25) is 0 Å². The van der Waals surface area contributed by atoms with Crippen LogP contribution in [0.4, 0.5) is 0 Å². The van der Waals surface area contributed by atoms with E-state index in [1.54, 1.807) is 0 Å². The molecule has 0 aliphatic heterocycles. The van der Waals surface area contributed by atoms with Gasteiger partial charge in [-0.25, -0.2) is 4.57 Å². The molecular formula is C63H112NO8P. The van der Waals surface area contributed by atoms with Crippen molar-refractivity contribution in [3.05, 3.63) is 85.1 Å². The molecule has 2 unspecified atom stereocenters. The standard InChI is InChI=1S/C63H112NO8P/c1-3-5-7-9-11-13-15-17-19-20-21-22-23-24-25-26-27-28-29-30-31-32-33-34-35-36-37-38-39-40-42-44-46-48-50-52-54-56-63(66)72-61(60-71-73(67,68)70-58-57-64)59-69-62(65)55-53-51-49-47-45-43-41-18-16-14-12-10-8-6-4-2/h5,7,11,13,17,19,21-22,24-25,27-28,30-31,61H,3-4,6,8-10,12,14-16,18,20,23,26,29,32-60,64H2,1-2H3,(H,67,68)/b7-5-,13-11-,19-17-,22-21-,25-24-,28-27-,31-30-. The summed E-state index contributed by atoms with van der Waals surface area (Å²) >= 11 is 0. The van der Waals surface area contributed by atoms with Crippen LogP contribution in [0.15, 0.2) is 85.1 Å². The molecule has 0 radical (unpaired) electrons. The van der Waals surface area contributed by atoms with Crippen LogP contribution in [0, 0.1) is 0 Å². The second-order valence-corrected chi connectivity index (χ2v) is 21.3. The summed E-state index contributed by atoms with van der Waals surface area (Å²) < 4.78 is 33.0. The maximum Gasteiger partial charge on any atom is 0.472 e. The van der Waals surface area contributed by atoms with E-state index in [0.29, 0.717) is 6.42 Å². The molecule has 2 atom stereocenters. The van der Waals surface area contributed by atoms with Crippen LogP contribution in [0.3, 0.4) is 0 Å². The molecule has 73 heavy (non-hydrogen) atoms. The fraction of sp³-hybridized carbons (Fsp3) is 0.746. The summed E-state index contributed by atoms with van der Waals surface area (Å²) in [6, 6.07) is 0. The second-order valence-electron chi connectivity index (χ2n) is 19.8. The maximum atomic E-state index is 12.7. The number of allylic oxidation sites excluding steroid dienone is 14. The SMILES string of the molecule is CC/C=C\C/C=C\C/C=C\C/C=C\C/C=C\C/C=C\C/C=C\CCCCCCCCCCCCCCCCCC(=O)OC(COC(=O)CCCCCCCCCCCCCCCCC)COP(=O)(O)OCCN. The lowest BCUT2D eigenvalue weighted by atomic mass is 10.0. The van der Waals surface area contributed by atoms with E-state index in [0.717, 1.165) is 83.5 Å². The number of nitrogens with two attached hydrogens (primary N) is 1. The average Bonchev–Trinajstić information content (AvgIpc) is 3.38. The average molecular weight is 1040 g/mol. The minimum atomic E-state index is -4.39. The number of ether oxygens (including phenoxy) is 2. The van der Waals surface area contributed by atoms with Crippen molar-refractivity contribution in [3.8, 4) is 0 Å². The molecular weight excluding hydrogens is 930 g/mol. The normalized spacial score (nSPS) is 13.6. The summed E-state index contributed by atoms with van der Waals surface area (Å²) in [4.78, 5) is 35.1. The van der Waals surface area contributed by atoms with Crippen LogP contribution in [-0.2, 0) is 32.7 Å². The molecule has 0 aliphatic carbocycles. The molecule has 0 heterocycles. The first-order chi connectivity index (χ1) is 35.8. The quantitative estimate of drug-likeness (QED) is 0.0264. The monoisotopic (exact) mass is 1040 g/mol. The van der Waals surface area contributed by atoms with Gasteiger partial charge in [-0.1, -0.05) is 272 Å². The van der Waals surface area contributed by atoms with Crippen LogP contribution >= 0.6 is 7.82 Å². The Kier molecular flexibility index (Phi) is 56.2. The Hall–Kier alpha value is -2.81. The van der Waals surface area contributed by atoms with Gasteiger partial charge >= 0.3 is 19.8 Å². The summed E-state index contributed by atoms with van der Waals surface area (Å²) in [6.07, 6.45) is 76.5. The van der Waals surface area contributed by atoms with Gasteiger partial charge in [-0.15, -0.1) is 0 Å². The van der Waals surface area contributed by atoms with E-state index in [4.69, 9.17) is 24.3 Å². The summed E-state index contributed by atoms with van der Waals surface area (Å²) in [7, 11) is -4.39. The van der Waals surface area contributed by atoms with Gasteiger partial charge in [0.15, 0.2) is 6.10 Å². The van der Waals surface area contributed by atoms with Crippen molar-refractivity contribution < 1.29 is 37.6 Å². The predicted molar refractivity (Wildman–Crippen MR) is 312 cm³/mol. The second kappa shape index (κ2) is 58.5. The van der Waals surface area contributed by atoms with Crippen molar-refractivity contribution in [2.45, 2.75) is 277 Å². The summed E-state index contributed by atoms with van der Waals surface area (Å²) in [5.41, 5.74) is 5.38. The molecule has 0 aromatic rings. The topological polar surface area (TPSA) is 134 Å². The Morgan fingerprint density at radius 3 is 1.12 bits per heavy atom. The number of rotatable bonds is 56. The van der Waals surface area contributed by atoms with E-state index < -0.39 is 26.5 Å². The number of hydrogen-bond acceptors (Lipinski definition) is 8. The first-order valence-electron chi connectivity index (χ1n) is 30.1. The van der Waals surface area contributed by atoms with Crippen molar-refractivity contribution in [1.29, 1.82) is 0 Å². The van der Waals surface area contributed by atoms with Crippen molar-refractivity contribution >= 4 is 19.8 Å². The third kappa shape index (κ3) is 58.3. The van der Waals surface area contributed by atoms with Crippen molar-refractivity contribution in [2.24, 2.45) is 5.73 Å². The first-order valence-corrected chi connectivity index (χ1v) is 31.6. The van der Waals surface area contributed by atoms with Gasteiger partial charge in [-0.2, -0.15) is 0 Å². The third-order valence-electron chi connectivity index (χ3n) is 12.8. The molecule has 0 aromatic carbocycles. The molecule has 0 fully saturated rings. The molecule has 422 valence electrons. The Balaban J connectivity index is 3.88. The van der Waals surface area contributed by atoms with Crippen LogP contribution in [0.1, 0.15) is 271 Å². The molecule has 10 heteroatoms. The summed E-state index contributed by atoms with van der Waals surface area (Å²) in [6.45, 7) is 3.65. The minimum absolute atomic E-state index is 0.0528. The number of unbranched alkanes of at least 4 members (excludes halogenated alkanes) is 29. The van der Waals surface area contributed by atoms with E-state index in [-0.39, 0.29) is 38.6 Å². The third-order valence-corrected chi connectivity index (χ3v) is 13.8. The molecule has 0 spiro atoms. The Morgan fingerprint density at radius 2 is 0.753 bits per heavy atom. The van der Waals surface area contributed by atoms with Crippen LogP contribution in [0.5, 0.6) is 0 Å². The zero-order valence-corrected chi connectivity index (χ0v) is 48.0. The molecule has 0 aliphatic rings. The van der Waals surface area contributed by atoms with Gasteiger partial charge in [-0.3, -0.25) is 18.6 Å². The van der Waals surface area contributed by atoms with Gasteiger partial charge in [0.2, 0.25) is 0 Å². The highest BCUT2D eigenvalue weighted by Gasteiger charge is 2.26. The molecule has 0 rings (SSSR count). The van der Waals surface area contributed by atoms with E-state index in [9.17, 15) is 19.0 Å². The van der Waals surface area contributed by atoms with Gasteiger partial charge in [0.1, 0.15) is 6.61 Å². The fourth-order valence-electron chi connectivity index (χ4n) is 8.38. The summed E-state index contributed by atoms with van der Waals surface area (Å²) in [5, 5.41) is 0. The van der Waals surface area contributed by atoms with Crippen molar-refractivity contribution in [1.82, 2.24) is 0 Å². The highest BCUT2D eigenvalue weighted by atomic mass is 31.2. The number of hydrogen-bond donors (Lipinski definition) is 2. The van der Waals surface area contributed by atoms with Gasteiger partial charge in [-0.05, 0) is 70.6 Å². The number of phosphoric ester groups is 1. The number of phosphoric acid groups is 1. The van der Waals surface area contributed by atoms with Crippen molar-refractivity contribution in [2.75, 3.05) is 26.4 Å². The lowest BCUT2D eigenvalue weighted by Crippen LogP contribution is -2.29. The van der Waals surface area contributed by atoms with E-state index in [2.05, 4.69) is 98.9 Å². The van der Waals surface area contributed by atoms with Crippen molar-refractivity contribution in [3.63, 3.8) is 0 Å². The van der Waals surface area contributed by atoms with Gasteiger partial charge in [0, 0.05) is 19.4 Å². The molecule has 0 amide bonds. The zero-order valence-electron chi connectivity index (χ0n) is 47.1. The fourth-order valence-corrected chi connectivity index (χ4v) is 9.15. The molecule has 9 nitrogen and oxygen atoms in total. The first kappa shape index (κ1) is 70.2. The predicted octanol–water partition coefficient (Wildman–Crippen LogP) is 19.1. The largest absolute Gasteiger partial charge is 0.472 e. The van der Waals surface area contributed by atoms with E-state index >= 15 is 0 Å². The van der Waals surface area contributed by atoms with E-state index in [1.807, 2.05) is 0 Å². The smallest absolute Gasteiger partial charge is 0.462 e. The van der Waals surface area contributed by atoms with Gasteiger partial charge < -0.3 is 20.1 Å². The number of carbonyl (C=O) groups is 2. The van der Waals surface area contributed by atoms with Crippen LogP contribution in [0.25, 0.3) is 0 Å². The highest BCUT2D eigenvalue weighted by Crippen LogP contribution is 2.43. The summed E-state index contributed by atoms with van der Waals surface area (Å²) in [5.74, 6) is -0.819. The maximum absolute atomic E-state index is 12.7. The minimum Gasteiger partial charge on any atom is -0.462 e. The molecule has 0 aromatic heterocycles. The lowest BCUT2D eigenvalue weighted by molar-refractivity contribution is -0.161. The molecule has 0 saturated carbocycles. The lowest BCUT2D eigenvalue weighted by Gasteiger charge is -2.19. The van der Waals surface area contributed by atoms with Crippen LogP contribution < -0.4 is 5.73 Å².